The van der Waals surface area contributed by atoms with E-state index in [1.807, 2.05) is 18.2 Å². The Kier molecular flexibility index (Phi) is 9.46. The summed E-state index contributed by atoms with van der Waals surface area (Å²) < 4.78 is 33.6. The normalized spacial score (nSPS) is 12.0. The van der Waals surface area contributed by atoms with E-state index in [9.17, 15) is 13.0 Å². The average Bonchev–Trinajstić information content (AvgIpc) is 2.66. The van der Waals surface area contributed by atoms with Gasteiger partial charge in [-0.2, -0.15) is 8.42 Å². The molecule has 3 nitrogen and oxygen atoms in total. The second kappa shape index (κ2) is 11.6. The molecule has 0 amide bonds. The Morgan fingerprint density at radius 1 is 0.714 bits per heavy atom. The fourth-order valence-electron chi connectivity index (χ4n) is 4.01. The van der Waals surface area contributed by atoms with Crippen LogP contribution in [0.15, 0.2) is 35.2 Å². The zero-order valence-corrected chi connectivity index (χ0v) is 18.4. The maximum atomic E-state index is 11.9. The first-order chi connectivity index (χ1) is 13.5. The first-order valence-corrected chi connectivity index (χ1v) is 12.4. The van der Waals surface area contributed by atoms with Crippen LogP contribution in [0.5, 0.6) is 0 Å². The molecule has 0 heterocycles. The second-order valence-corrected chi connectivity index (χ2v) is 9.25. The van der Waals surface area contributed by atoms with Gasteiger partial charge < -0.3 is 0 Å². The van der Waals surface area contributed by atoms with E-state index >= 15 is 0 Å². The maximum absolute atomic E-state index is 11.9. The number of unbranched alkanes of at least 4 members (excludes halogenated alkanes) is 8. The largest absolute Gasteiger partial charge is 0.294 e. The van der Waals surface area contributed by atoms with Crippen LogP contribution in [0.25, 0.3) is 10.8 Å². The molecule has 0 atom stereocenters. The highest BCUT2D eigenvalue weighted by molar-refractivity contribution is 7.85. The minimum absolute atomic E-state index is 0.0792. The summed E-state index contributed by atoms with van der Waals surface area (Å²) in [6.07, 6.45) is 13.5. The number of benzene rings is 2. The monoisotopic (exact) mass is 404 g/mol. The number of aryl methyl sites for hydroxylation is 2. The highest BCUT2D eigenvalue weighted by Gasteiger charge is 2.18. The van der Waals surface area contributed by atoms with E-state index in [0.717, 1.165) is 42.0 Å². The zero-order valence-electron chi connectivity index (χ0n) is 17.5. The molecule has 0 unspecified atom stereocenters. The molecule has 2 aromatic carbocycles. The minimum Gasteiger partial charge on any atom is -0.282 e. The van der Waals surface area contributed by atoms with E-state index in [1.165, 1.54) is 50.5 Å². The third-order valence-electron chi connectivity index (χ3n) is 5.58. The molecule has 0 fully saturated rings. The molecule has 0 radical (unpaired) electrons. The van der Waals surface area contributed by atoms with Crippen molar-refractivity contribution in [2.75, 3.05) is 0 Å². The molecule has 0 saturated carbocycles. The van der Waals surface area contributed by atoms with Gasteiger partial charge in [-0.15, -0.1) is 0 Å². The summed E-state index contributed by atoms with van der Waals surface area (Å²) in [6, 6.07) is 9.66. The van der Waals surface area contributed by atoms with Crippen LogP contribution in [0.2, 0.25) is 0 Å². The Labute approximate surface area is 171 Å². The van der Waals surface area contributed by atoms with Gasteiger partial charge in [0, 0.05) is 0 Å². The molecular formula is C24H36O3S. The van der Waals surface area contributed by atoms with E-state index in [2.05, 4.69) is 19.9 Å². The van der Waals surface area contributed by atoms with Crippen molar-refractivity contribution >= 4 is 20.9 Å². The molecule has 0 saturated heterocycles. The number of rotatable bonds is 13. The van der Waals surface area contributed by atoms with Crippen molar-refractivity contribution in [2.45, 2.75) is 95.8 Å². The first kappa shape index (κ1) is 22.9. The third-order valence-corrected chi connectivity index (χ3v) is 6.52. The van der Waals surface area contributed by atoms with E-state index in [4.69, 9.17) is 0 Å². The van der Waals surface area contributed by atoms with Gasteiger partial charge in [0.25, 0.3) is 10.1 Å². The lowest BCUT2D eigenvalue weighted by Gasteiger charge is -2.14. The van der Waals surface area contributed by atoms with Gasteiger partial charge in [0.15, 0.2) is 0 Å². The quantitative estimate of drug-likeness (QED) is 0.286. The van der Waals surface area contributed by atoms with Gasteiger partial charge in [-0.05, 0) is 53.6 Å². The molecule has 4 heteroatoms. The smallest absolute Gasteiger partial charge is 0.282 e. The van der Waals surface area contributed by atoms with Crippen LogP contribution in [-0.2, 0) is 23.0 Å². The summed E-state index contributed by atoms with van der Waals surface area (Å²) in [4.78, 5) is 0.0792. The van der Waals surface area contributed by atoms with Crippen molar-refractivity contribution < 1.29 is 13.0 Å². The second-order valence-electron chi connectivity index (χ2n) is 7.86. The van der Waals surface area contributed by atoms with E-state index in [0.29, 0.717) is 6.42 Å². The van der Waals surface area contributed by atoms with E-state index in [1.54, 1.807) is 6.07 Å². The predicted octanol–water partition coefficient (Wildman–Crippen LogP) is 7.11. The van der Waals surface area contributed by atoms with Crippen molar-refractivity contribution in [2.24, 2.45) is 0 Å². The van der Waals surface area contributed by atoms with Crippen LogP contribution in [0.4, 0.5) is 0 Å². The van der Waals surface area contributed by atoms with E-state index in [-0.39, 0.29) is 4.90 Å². The number of hydrogen-bond acceptors (Lipinski definition) is 2. The van der Waals surface area contributed by atoms with E-state index < -0.39 is 10.1 Å². The lowest BCUT2D eigenvalue weighted by atomic mass is 9.94. The first-order valence-electron chi connectivity index (χ1n) is 11.0. The Balaban J connectivity index is 2.27. The maximum Gasteiger partial charge on any atom is 0.294 e. The lowest BCUT2D eigenvalue weighted by Crippen LogP contribution is -2.05. The number of hydrogen-bond donors (Lipinski definition) is 1. The Hall–Kier alpha value is -1.39. The highest BCUT2D eigenvalue weighted by Crippen LogP contribution is 2.30. The summed E-state index contributed by atoms with van der Waals surface area (Å²) in [5, 5.41) is 2.12. The average molecular weight is 405 g/mol. The molecule has 0 aliphatic rings. The SMILES string of the molecule is CCCCCCCc1cccc2c(CCCCCCC)c(S(=O)(=O)O)ccc12. The Bertz CT molecular complexity index is 840. The van der Waals surface area contributed by atoms with Crippen molar-refractivity contribution in [3.05, 3.63) is 41.5 Å². The predicted molar refractivity (Wildman–Crippen MR) is 119 cm³/mol. The molecule has 1 N–H and O–H groups in total. The van der Waals surface area contributed by atoms with Gasteiger partial charge in [-0.3, -0.25) is 4.55 Å². The molecule has 0 aliphatic carbocycles. The van der Waals surface area contributed by atoms with Crippen LogP contribution in [-0.4, -0.2) is 13.0 Å². The molecule has 156 valence electrons. The van der Waals surface area contributed by atoms with Crippen molar-refractivity contribution in [3.8, 4) is 0 Å². The van der Waals surface area contributed by atoms with Gasteiger partial charge in [0.1, 0.15) is 0 Å². The summed E-state index contributed by atoms with van der Waals surface area (Å²) in [5.41, 5.74) is 2.06. The van der Waals surface area contributed by atoms with Crippen LogP contribution in [0.3, 0.4) is 0 Å². The topological polar surface area (TPSA) is 54.4 Å². The van der Waals surface area contributed by atoms with Gasteiger partial charge in [0.05, 0.1) is 4.90 Å². The fraction of sp³-hybridized carbons (Fsp3) is 0.583. The van der Waals surface area contributed by atoms with Crippen molar-refractivity contribution in [1.29, 1.82) is 0 Å². The minimum atomic E-state index is -4.21. The van der Waals surface area contributed by atoms with Crippen LogP contribution in [0.1, 0.15) is 89.2 Å². The summed E-state index contributed by atoms with van der Waals surface area (Å²) in [6.45, 7) is 4.41. The summed E-state index contributed by atoms with van der Waals surface area (Å²) >= 11 is 0. The third kappa shape index (κ3) is 6.59. The van der Waals surface area contributed by atoms with Gasteiger partial charge >= 0.3 is 0 Å². The molecule has 2 rings (SSSR count). The van der Waals surface area contributed by atoms with Gasteiger partial charge in [-0.1, -0.05) is 89.5 Å². The number of fused-ring (bicyclic) bond motifs is 1. The van der Waals surface area contributed by atoms with Crippen LogP contribution >= 0.6 is 0 Å². The van der Waals surface area contributed by atoms with Crippen LogP contribution in [0, 0.1) is 0 Å². The molecule has 2 aromatic rings. The molecule has 28 heavy (non-hydrogen) atoms. The standard InChI is InChI=1S/C24H36O3S/c1-3-5-7-9-11-14-20-15-13-17-22-21(20)18-19-24(28(25,26)27)23(22)16-12-10-8-6-4-2/h13,15,17-19H,3-12,14,16H2,1-2H3,(H,25,26,27). The lowest BCUT2D eigenvalue weighted by molar-refractivity contribution is 0.482. The van der Waals surface area contributed by atoms with Crippen molar-refractivity contribution in [1.82, 2.24) is 0 Å². The Morgan fingerprint density at radius 2 is 1.32 bits per heavy atom. The molecule has 0 aromatic heterocycles. The fourth-order valence-corrected chi connectivity index (χ4v) is 4.77. The zero-order chi connectivity index (χ0) is 20.4. The summed E-state index contributed by atoms with van der Waals surface area (Å²) in [7, 11) is -4.21. The molecule has 0 aliphatic heterocycles. The van der Waals surface area contributed by atoms with Gasteiger partial charge in [0.2, 0.25) is 0 Å². The van der Waals surface area contributed by atoms with Crippen LogP contribution < -0.4 is 0 Å². The molecule has 0 bridgehead atoms. The molecule has 0 spiro atoms. The highest BCUT2D eigenvalue weighted by atomic mass is 32.2. The molecular weight excluding hydrogens is 368 g/mol. The van der Waals surface area contributed by atoms with Crippen molar-refractivity contribution in [3.63, 3.8) is 0 Å². The van der Waals surface area contributed by atoms with Gasteiger partial charge in [-0.25, -0.2) is 0 Å². The summed E-state index contributed by atoms with van der Waals surface area (Å²) in [5.74, 6) is 0. The Morgan fingerprint density at radius 3 is 1.93 bits per heavy atom.